The Kier molecular flexibility index (Phi) is 3.02. The third-order valence-electron chi connectivity index (χ3n) is 4.87. The fraction of sp³-hybridized carbons (Fsp3) is 0.190. The van der Waals surface area contributed by atoms with Crippen LogP contribution in [0.2, 0.25) is 0 Å². The van der Waals surface area contributed by atoms with Crippen molar-refractivity contribution in [1.82, 2.24) is 4.57 Å². The topological polar surface area (TPSA) is 8.81 Å². The molecule has 0 bridgehead atoms. The van der Waals surface area contributed by atoms with Gasteiger partial charge in [0.25, 0.3) is 5.82 Å². The Morgan fingerprint density at radius 2 is 1.65 bits per heavy atom. The number of benzene rings is 2. The van der Waals surface area contributed by atoms with Gasteiger partial charge in [0, 0.05) is 16.8 Å². The van der Waals surface area contributed by atoms with E-state index in [4.69, 9.17) is 0 Å². The van der Waals surface area contributed by atoms with E-state index in [2.05, 4.69) is 91.7 Å². The number of nitrogens with zero attached hydrogens (tertiary/aromatic N) is 2. The van der Waals surface area contributed by atoms with Crippen molar-refractivity contribution in [3.63, 3.8) is 0 Å². The van der Waals surface area contributed by atoms with Crippen LogP contribution in [0.15, 0.2) is 54.7 Å². The molecule has 0 aliphatic carbocycles. The molecule has 2 aromatic carbocycles. The lowest BCUT2D eigenvalue weighted by Gasteiger charge is -2.06. The first-order valence-corrected chi connectivity index (χ1v) is 8.04. The van der Waals surface area contributed by atoms with Gasteiger partial charge in [0.15, 0.2) is 0 Å². The van der Waals surface area contributed by atoms with E-state index in [9.17, 15) is 0 Å². The van der Waals surface area contributed by atoms with Gasteiger partial charge in [-0.05, 0) is 61.7 Å². The van der Waals surface area contributed by atoms with E-state index in [1.165, 1.54) is 44.3 Å². The molecule has 0 N–H and O–H groups in total. The maximum absolute atomic E-state index is 2.40. The largest absolute Gasteiger partial charge is 0.286 e. The number of hydrogen-bond donors (Lipinski definition) is 0. The summed E-state index contributed by atoms with van der Waals surface area (Å²) in [5.41, 5.74) is 6.55. The maximum atomic E-state index is 2.40. The first-order chi connectivity index (χ1) is 11.1. The molecule has 0 saturated heterocycles. The van der Waals surface area contributed by atoms with Crippen LogP contribution >= 0.6 is 0 Å². The van der Waals surface area contributed by atoms with Crippen LogP contribution < -0.4 is 4.57 Å². The van der Waals surface area contributed by atoms with Crippen LogP contribution in [0, 0.1) is 20.8 Å². The van der Waals surface area contributed by atoms with Crippen LogP contribution in [-0.2, 0) is 7.05 Å². The lowest BCUT2D eigenvalue weighted by molar-refractivity contribution is -0.665. The van der Waals surface area contributed by atoms with E-state index < -0.39 is 0 Å². The normalized spacial score (nSPS) is 11.5. The first-order valence-electron chi connectivity index (χ1n) is 8.04. The fourth-order valence-corrected chi connectivity index (χ4v) is 3.47. The maximum Gasteiger partial charge on any atom is 0.286 e. The summed E-state index contributed by atoms with van der Waals surface area (Å²) in [6.07, 6.45) is 2.11. The second kappa shape index (κ2) is 4.95. The monoisotopic (exact) mass is 301 g/mol. The van der Waals surface area contributed by atoms with Gasteiger partial charge in [-0.3, -0.25) is 0 Å². The summed E-state index contributed by atoms with van der Waals surface area (Å²) in [4.78, 5) is 0. The highest BCUT2D eigenvalue weighted by Crippen LogP contribution is 2.34. The molecule has 2 heterocycles. The molecule has 0 aliphatic heterocycles. The van der Waals surface area contributed by atoms with Crippen molar-refractivity contribution in [1.29, 1.82) is 0 Å². The number of fused-ring (bicyclic) bond motifs is 3. The first kappa shape index (κ1) is 14.0. The molecule has 0 fully saturated rings. The van der Waals surface area contributed by atoms with Crippen LogP contribution in [0.5, 0.6) is 0 Å². The van der Waals surface area contributed by atoms with Crippen LogP contribution in [0.4, 0.5) is 0 Å². The molecule has 2 nitrogen and oxygen atoms in total. The smallest absolute Gasteiger partial charge is 0.237 e. The summed E-state index contributed by atoms with van der Waals surface area (Å²) in [6.45, 7) is 6.57. The molecule has 4 rings (SSSR count). The fourth-order valence-electron chi connectivity index (χ4n) is 3.47. The quantitative estimate of drug-likeness (QED) is 0.457. The Morgan fingerprint density at radius 1 is 0.870 bits per heavy atom. The van der Waals surface area contributed by atoms with Crippen molar-refractivity contribution in [2.45, 2.75) is 20.8 Å². The molecule has 23 heavy (non-hydrogen) atoms. The predicted octanol–water partition coefficient (Wildman–Crippen LogP) is 4.53. The minimum atomic E-state index is 1.19. The van der Waals surface area contributed by atoms with E-state index in [1.54, 1.807) is 0 Å². The second-order valence-electron chi connectivity index (χ2n) is 6.43. The average molecular weight is 301 g/mol. The second-order valence-corrected chi connectivity index (χ2v) is 6.43. The van der Waals surface area contributed by atoms with Crippen LogP contribution in [0.3, 0.4) is 0 Å². The van der Waals surface area contributed by atoms with Gasteiger partial charge in [-0.1, -0.05) is 18.2 Å². The van der Waals surface area contributed by atoms with E-state index >= 15 is 0 Å². The van der Waals surface area contributed by atoms with E-state index in [0.717, 1.165) is 0 Å². The summed E-state index contributed by atoms with van der Waals surface area (Å²) in [6, 6.07) is 17.6. The molecule has 0 saturated carbocycles. The van der Waals surface area contributed by atoms with Gasteiger partial charge in [-0.25, -0.2) is 4.57 Å². The third-order valence-corrected chi connectivity index (χ3v) is 4.87. The zero-order valence-corrected chi connectivity index (χ0v) is 14.1. The number of aromatic nitrogens is 2. The molecular formula is C21H21N2+. The highest BCUT2D eigenvalue weighted by atomic mass is 15.1. The highest BCUT2D eigenvalue weighted by molar-refractivity contribution is 6.10. The van der Waals surface area contributed by atoms with Crippen molar-refractivity contribution in [3.05, 3.63) is 71.4 Å². The minimum absolute atomic E-state index is 1.19. The SMILES string of the molecule is Cc1ccc2c3ccc(C)c(C)c3n(-c3cccc[n+]3C)c2c1. The van der Waals surface area contributed by atoms with Crippen molar-refractivity contribution >= 4 is 21.8 Å². The van der Waals surface area contributed by atoms with Gasteiger partial charge >= 0.3 is 0 Å². The summed E-state index contributed by atoms with van der Waals surface area (Å²) in [7, 11) is 2.11. The van der Waals surface area contributed by atoms with Crippen molar-refractivity contribution < 1.29 is 4.57 Å². The Bertz CT molecular complexity index is 1050. The zero-order valence-electron chi connectivity index (χ0n) is 14.1. The lowest BCUT2D eigenvalue weighted by atomic mass is 10.0. The molecule has 2 heteroatoms. The molecule has 2 aromatic heterocycles. The zero-order chi connectivity index (χ0) is 16.1. The number of aryl methyl sites for hydroxylation is 4. The molecule has 114 valence electrons. The van der Waals surface area contributed by atoms with Gasteiger partial charge in [0.2, 0.25) is 0 Å². The number of hydrogen-bond acceptors (Lipinski definition) is 0. The van der Waals surface area contributed by atoms with Crippen molar-refractivity contribution in [2.24, 2.45) is 7.05 Å². The lowest BCUT2D eigenvalue weighted by Crippen LogP contribution is -2.33. The summed E-state index contributed by atoms with van der Waals surface area (Å²) in [5.74, 6) is 1.19. The molecule has 4 aromatic rings. The van der Waals surface area contributed by atoms with Crippen LogP contribution in [-0.4, -0.2) is 4.57 Å². The molecule has 0 amide bonds. The van der Waals surface area contributed by atoms with Crippen LogP contribution in [0.25, 0.3) is 27.6 Å². The molecule has 0 spiro atoms. The van der Waals surface area contributed by atoms with E-state index in [-0.39, 0.29) is 0 Å². The molecule has 0 atom stereocenters. The predicted molar refractivity (Wildman–Crippen MR) is 96.2 cm³/mol. The third kappa shape index (κ3) is 1.98. The van der Waals surface area contributed by atoms with Gasteiger partial charge in [-0.2, -0.15) is 4.57 Å². The number of pyridine rings is 1. The van der Waals surface area contributed by atoms with Gasteiger partial charge < -0.3 is 0 Å². The summed E-state index contributed by atoms with van der Waals surface area (Å²) < 4.78 is 4.59. The van der Waals surface area contributed by atoms with E-state index in [1.807, 2.05) is 0 Å². The molecular weight excluding hydrogens is 280 g/mol. The summed E-state index contributed by atoms with van der Waals surface area (Å²) in [5, 5.41) is 2.64. The molecule has 0 radical (unpaired) electrons. The number of rotatable bonds is 1. The van der Waals surface area contributed by atoms with Crippen molar-refractivity contribution in [3.8, 4) is 5.82 Å². The Balaban J connectivity index is 2.30. The van der Waals surface area contributed by atoms with Gasteiger partial charge in [-0.15, -0.1) is 0 Å². The summed E-state index contributed by atoms with van der Waals surface area (Å²) >= 11 is 0. The Morgan fingerprint density at radius 3 is 2.43 bits per heavy atom. The standard InChI is InChI=1S/C21H21N2/c1-14-8-10-17-18-11-9-15(2)16(3)21(18)23(19(17)13-14)20-7-5-6-12-22(20)4/h5-13H,1-4H3/q+1. The highest BCUT2D eigenvalue weighted by Gasteiger charge is 2.22. The average Bonchev–Trinajstić information content (AvgIpc) is 2.85. The van der Waals surface area contributed by atoms with E-state index in [0.29, 0.717) is 0 Å². The molecule has 0 aliphatic rings. The van der Waals surface area contributed by atoms with Gasteiger partial charge in [0.05, 0.1) is 13.2 Å². The van der Waals surface area contributed by atoms with Crippen LogP contribution in [0.1, 0.15) is 16.7 Å². The Hall–Kier alpha value is -2.61. The Labute approximate surface area is 136 Å². The minimum Gasteiger partial charge on any atom is -0.237 e. The molecule has 0 unspecified atom stereocenters. The van der Waals surface area contributed by atoms with Gasteiger partial charge in [0.1, 0.15) is 11.0 Å². The van der Waals surface area contributed by atoms with Crippen molar-refractivity contribution in [2.75, 3.05) is 0 Å².